The van der Waals surface area contributed by atoms with Crippen molar-refractivity contribution < 1.29 is 4.21 Å². The standard InChI is InChI=1S/C15H10ClNOS2/c16-11-4-6-12(7-5-11)20(18)15-9-8-14(19-15)13-3-1-2-10-17-13/h1-10H. The predicted molar refractivity (Wildman–Crippen MR) is 83.7 cm³/mol. The van der Waals surface area contributed by atoms with Crippen LogP contribution in [0.2, 0.25) is 5.02 Å². The Kier molecular flexibility index (Phi) is 3.96. The molecule has 0 bridgehead atoms. The predicted octanol–water partition coefficient (Wildman–Crippen LogP) is 4.63. The summed E-state index contributed by atoms with van der Waals surface area (Å²) in [5.41, 5.74) is 0.900. The summed E-state index contributed by atoms with van der Waals surface area (Å²) in [5.74, 6) is 0. The van der Waals surface area contributed by atoms with E-state index in [4.69, 9.17) is 11.6 Å². The highest BCUT2D eigenvalue weighted by Crippen LogP contribution is 2.30. The molecule has 0 saturated carbocycles. The van der Waals surface area contributed by atoms with Gasteiger partial charge >= 0.3 is 0 Å². The van der Waals surface area contributed by atoms with Crippen molar-refractivity contribution in [3.8, 4) is 10.6 Å². The SMILES string of the molecule is O=S(c1ccc(Cl)cc1)c1ccc(-c2ccccn2)s1. The van der Waals surface area contributed by atoms with Gasteiger partial charge < -0.3 is 0 Å². The van der Waals surface area contributed by atoms with Crippen molar-refractivity contribution in [1.29, 1.82) is 0 Å². The second-order valence-electron chi connectivity index (χ2n) is 4.06. The first-order valence-corrected chi connectivity index (χ1v) is 8.27. The van der Waals surface area contributed by atoms with Gasteiger partial charge in [0.05, 0.1) is 25.6 Å². The molecule has 2 nitrogen and oxygen atoms in total. The van der Waals surface area contributed by atoms with E-state index in [2.05, 4.69) is 4.98 Å². The van der Waals surface area contributed by atoms with Crippen LogP contribution in [0.25, 0.3) is 10.6 Å². The maximum Gasteiger partial charge on any atom is 0.0967 e. The first kappa shape index (κ1) is 13.5. The molecular formula is C15H10ClNOS2. The molecule has 1 unspecified atom stereocenters. The summed E-state index contributed by atoms with van der Waals surface area (Å²) >= 11 is 7.34. The second kappa shape index (κ2) is 5.87. The van der Waals surface area contributed by atoms with E-state index >= 15 is 0 Å². The molecule has 3 rings (SSSR count). The van der Waals surface area contributed by atoms with Gasteiger partial charge in [-0.05, 0) is 48.5 Å². The molecule has 2 heterocycles. The zero-order chi connectivity index (χ0) is 13.9. The average Bonchev–Trinajstić information content (AvgIpc) is 2.98. The number of nitrogens with zero attached hydrogens (tertiary/aromatic N) is 1. The Morgan fingerprint density at radius 2 is 1.80 bits per heavy atom. The molecule has 0 N–H and O–H groups in total. The van der Waals surface area contributed by atoms with Crippen molar-refractivity contribution in [2.45, 2.75) is 9.10 Å². The molecule has 0 fully saturated rings. The molecule has 0 aliphatic heterocycles. The summed E-state index contributed by atoms with van der Waals surface area (Å²) in [5, 5.41) is 0.645. The van der Waals surface area contributed by atoms with E-state index in [0.717, 1.165) is 19.7 Å². The van der Waals surface area contributed by atoms with Crippen LogP contribution in [0.4, 0.5) is 0 Å². The molecule has 3 aromatic rings. The molecule has 20 heavy (non-hydrogen) atoms. The second-order valence-corrected chi connectivity index (χ2v) is 7.28. The van der Waals surface area contributed by atoms with Gasteiger partial charge in [-0.3, -0.25) is 4.98 Å². The van der Waals surface area contributed by atoms with E-state index < -0.39 is 10.8 Å². The summed E-state index contributed by atoms with van der Waals surface area (Å²) in [7, 11) is -1.18. The van der Waals surface area contributed by atoms with Crippen molar-refractivity contribution in [1.82, 2.24) is 4.98 Å². The third-order valence-electron chi connectivity index (χ3n) is 2.71. The molecule has 0 aliphatic rings. The fourth-order valence-electron chi connectivity index (χ4n) is 1.74. The van der Waals surface area contributed by atoms with E-state index in [0.29, 0.717) is 5.02 Å². The number of aromatic nitrogens is 1. The largest absolute Gasteiger partial charge is 0.255 e. The average molecular weight is 320 g/mol. The van der Waals surface area contributed by atoms with Crippen LogP contribution in [-0.4, -0.2) is 9.19 Å². The molecule has 0 radical (unpaired) electrons. The fourth-order valence-corrected chi connectivity index (χ4v) is 4.25. The maximum atomic E-state index is 12.5. The lowest BCUT2D eigenvalue weighted by Gasteiger charge is -1.99. The molecule has 0 saturated heterocycles. The van der Waals surface area contributed by atoms with Crippen LogP contribution in [0.1, 0.15) is 0 Å². The van der Waals surface area contributed by atoms with Crippen LogP contribution in [0.5, 0.6) is 0 Å². The van der Waals surface area contributed by atoms with Crippen molar-refractivity contribution in [3.63, 3.8) is 0 Å². The Labute approximate surface area is 128 Å². The summed E-state index contributed by atoms with van der Waals surface area (Å²) < 4.78 is 13.3. The smallest absolute Gasteiger partial charge is 0.0967 e. The molecule has 100 valence electrons. The zero-order valence-corrected chi connectivity index (χ0v) is 12.7. The Hall–Kier alpha value is -1.49. The van der Waals surface area contributed by atoms with Crippen molar-refractivity contribution in [2.24, 2.45) is 0 Å². The lowest BCUT2D eigenvalue weighted by Crippen LogP contribution is -1.88. The zero-order valence-electron chi connectivity index (χ0n) is 10.3. The molecule has 1 atom stereocenters. The summed E-state index contributed by atoms with van der Waals surface area (Å²) in [6.45, 7) is 0. The summed E-state index contributed by atoms with van der Waals surface area (Å²) in [6, 6.07) is 16.7. The number of pyridine rings is 1. The van der Waals surface area contributed by atoms with E-state index in [-0.39, 0.29) is 0 Å². The van der Waals surface area contributed by atoms with Crippen molar-refractivity contribution in [2.75, 3.05) is 0 Å². The van der Waals surface area contributed by atoms with Gasteiger partial charge in [0.1, 0.15) is 0 Å². The monoisotopic (exact) mass is 319 g/mol. The third kappa shape index (κ3) is 2.82. The molecule has 5 heteroatoms. The van der Waals surface area contributed by atoms with Gasteiger partial charge in [-0.25, -0.2) is 4.21 Å². The molecule has 2 aromatic heterocycles. The van der Waals surface area contributed by atoms with Crippen molar-refractivity contribution >= 4 is 33.7 Å². The lowest BCUT2D eigenvalue weighted by atomic mass is 10.3. The third-order valence-corrected chi connectivity index (χ3v) is 5.77. The van der Waals surface area contributed by atoms with Gasteiger partial charge in [0.25, 0.3) is 0 Å². The summed E-state index contributed by atoms with van der Waals surface area (Å²) in [4.78, 5) is 6.07. The normalized spacial score (nSPS) is 12.2. The number of hydrogen-bond donors (Lipinski definition) is 0. The maximum absolute atomic E-state index is 12.5. The van der Waals surface area contributed by atoms with Crippen LogP contribution in [-0.2, 0) is 10.8 Å². The number of thiophene rings is 1. The van der Waals surface area contributed by atoms with Gasteiger partial charge in [0.2, 0.25) is 0 Å². The fraction of sp³-hybridized carbons (Fsp3) is 0. The number of rotatable bonds is 3. The quantitative estimate of drug-likeness (QED) is 0.704. The van der Waals surface area contributed by atoms with E-state index in [9.17, 15) is 4.21 Å². The Morgan fingerprint density at radius 1 is 1.00 bits per heavy atom. The Balaban J connectivity index is 1.90. The van der Waals surface area contributed by atoms with E-state index in [1.165, 1.54) is 11.3 Å². The number of benzene rings is 1. The topological polar surface area (TPSA) is 30.0 Å². The van der Waals surface area contributed by atoms with Gasteiger partial charge in [-0.2, -0.15) is 0 Å². The van der Waals surface area contributed by atoms with Crippen LogP contribution >= 0.6 is 22.9 Å². The summed E-state index contributed by atoms with van der Waals surface area (Å²) in [6.07, 6.45) is 1.75. The van der Waals surface area contributed by atoms with Crippen LogP contribution in [0.3, 0.4) is 0 Å². The minimum Gasteiger partial charge on any atom is -0.255 e. The minimum atomic E-state index is -1.18. The number of halogens is 1. The highest BCUT2D eigenvalue weighted by molar-refractivity contribution is 7.87. The Morgan fingerprint density at radius 3 is 2.50 bits per heavy atom. The van der Waals surface area contributed by atoms with Gasteiger partial charge in [-0.1, -0.05) is 17.7 Å². The number of hydrogen-bond acceptors (Lipinski definition) is 3. The molecular weight excluding hydrogens is 310 g/mol. The van der Waals surface area contributed by atoms with Crippen molar-refractivity contribution in [3.05, 3.63) is 65.8 Å². The van der Waals surface area contributed by atoms with Gasteiger partial charge in [0.15, 0.2) is 0 Å². The molecule has 1 aromatic carbocycles. The van der Waals surface area contributed by atoms with Crippen LogP contribution < -0.4 is 0 Å². The van der Waals surface area contributed by atoms with Gasteiger partial charge in [0, 0.05) is 16.1 Å². The van der Waals surface area contributed by atoms with Crippen LogP contribution in [0, 0.1) is 0 Å². The highest BCUT2D eigenvalue weighted by atomic mass is 35.5. The highest BCUT2D eigenvalue weighted by Gasteiger charge is 2.11. The molecule has 0 spiro atoms. The van der Waals surface area contributed by atoms with Gasteiger partial charge in [-0.15, -0.1) is 11.3 Å². The lowest BCUT2D eigenvalue weighted by molar-refractivity contribution is 0.684. The first-order chi connectivity index (χ1) is 9.74. The molecule has 0 amide bonds. The minimum absolute atomic E-state index is 0.645. The van der Waals surface area contributed by atoms with E-state index in [1.807, 2.05) is 30.3 Å². The van der Waals surface area contributed by atoms with Crippen LogP contribution in [0.15, 0.2) is 69.9 Å². The van der Waals surface area contributed by atoms with E-state index in [1.54, 1.807) is 30.5 Å². The first-order valence-electron chi connectivity index (χ1n) is 5.92. The molecule has 0 aliphatic carbocycles. The Bertz CT molecular complexity index is 738.